The van der Waals surface area contributed by atoms with Gasteiger partial charge in [-0.1, -0.05) is 13.8 Å². The summed E-state index contributed by atoms with van der Waals surface area (Å²) in [6.45, 7) is 6.30. The van der Waals surface area contributed by atoms with Crippen LogP contribution in [0.1, 0.15) is 26.5 Å². The normalized spacial score (nSPS) is 12.8. The second-order valence-electron chi connectivity index (χ2n) is 6.27. The number of hydrogen-bond donors (Lipinski definition) is 2. The van der Waals surface area contributed by atoms with E-state index in [4.69, 9.17) is 9.15 Å². The first kappa shape index (κ1) is 20.0. The molecule has 7 nitrogen and oxygen atoms in total. The molecule has 2 rings (SSSR count). The van der Waals surface area contributed by atoms with Crippen molar-refractivity contribution in [2.75, 3.05) is 6.54 Å². The molecule has 0 bridgehead atoms. The molecular weight excluding hydrogens is 356 g/mol. The van der Waals surface area contributed by atoms with E-state index in [1.165, 1.54) is 30.5 Å². The Morgan fingerprint density at radius 1 is 1.15 bits per heavy atom. The Balaban J connectivity index is 1.93. The molecule has 0 aliphatic rings. The first-order valence-corrected chi connectivity index (χ1v) is 9.82. The highest BCUT2D eigenvalue weighted by atomic mass is 32.2. The van der Waals surface area contributed by atoms with Gasteiger partial charge in [0, 0.05) is 6.54 Å². The van der Waals surface area contributed by atoms with E-state index in [2.05, 4.69) is 10.0 Å². The van der Waals surface area contributed by atoms with E-state index in [9.17, 15) is 13.2 Å². The Kier molecular flexibility index (Phi) is 6.82. The van der Waals surface area contributed by atoms with Gasteiger partial charge < -0.3 is 14.5 Å². The molecule has 26 heavy (non-hydrogen) atoms. The Bertz CT molecular complexity index is 799. The van der Waals surface area contributed by atoms with Gasteiger partial charge in [0.15, 0.2) is 6.10 Å². The molecule has 0 aliphatic carbocycles. The van der Waals surface area contributed by atoms with Crippen LogP contribution in [0.3, 0.4) is 0 Å². The number of ether oxygens (including phenoxy) is 1. The van der Waals surface area contributed by atoms with E-state index in [-0.39, 0.29) is 17.3 Å². The molecule has 0 unspecified atom stereocenters. The van der Waals surface area contributed by atoms with Crippen LogP contribution in [0, 0.1) is 5.92 Å². The average molecular weight is 380 g/mol. The molecule has 0 spiro atoms. The van der Waals surface area contributed by atoms with Gasteiger partial charge in [-0.2, -0.15) is 0 Å². The van der Waals surface area contributed by atoms with Crippen LogP contribution >= 0.6 is 0 Å². The zero-order valence-corrected chi connectivity index (χ0v) is 15.9. The van der Waals surface area contributed by atoms with Crippen LogP contribution in [0.4, 0.5) is 0 Å². The summed E-state index contributed by atoms with van der Waals surface area (Å²) in [5.74, 6) is 1.08. The number of rotatable bonds is 9. The van der Waals surface area contributed by atoms with Crippen LogP contribution in [0.2, 0.25) is 0 Å². The summed E-state index contributed by atoms with van der Waals surface area (Å²) >= 11 is 0. The second kappa shape index (κ2) is 8.86. The van der Waals surface area contributed by atoms with Crippen molar-refractivity contribution in [3.8, 4) is 5.75 Å². The summed E-state index contributed by atoms with van der Waals surface area (Å²) in [5.41, 5.74) is 0. The SMILES string of the molecule is CC(C)CNC(=O)[C@H](C)Oc1ccc(S(=O)(=O)NCc2ccco2)cc1. The summed E-state index contributed by atoms with van der Waals surface area (Å²) in [6.07, 6.45) is 0.808. The van der Waals surface area contributed by atoms with E-state index in [1.54, 1.807) is 19.1 Å². The lowest BCUT2D eigenvalue weighted by molar-refractivity contribution is -0.127. The largest absolute Gasteiger partial charge is 0.481 e. The van der Waals surface area contributed by atoms with Crippen molar-refractivity contribution in [3.63, 3.8) is 0 Å². The summed E-state index contributed by atoms with van der Waals surface area (Å²) in [4.78, 5) is 12.0. The molecule has 1 heterocycles. The lowest BCUT2D eigenvalue weighted by Gasteiger charge is -2.16. The van der Waals surface area contributed by atoms with E-state index < -0.39 is 16.1 Å². The first-order chi connectivity index (χ1) is 12.3. The fraction of sp³-hybridized carbons (Fsp3) is 0.389. The number of sulfonamides is 1. The van der Waals surface area contributed by atoms with Crippen molar-refractivity contribution in [2.24, 2.45) is 5.92 Å². The van der Waals surface area contributed by atoms with Crippen LogP contribution in [0.5, 0.6) is 5.75 Å². The smallest absolute Gasteiger partial charge is 0.260 e. The number of nitrogens with one attached hydrogen (secondary N) is 2. The van der Waals surface area contributed by atoms with Crippen LogP contribution in [0.15, 0.2) is 52.0 Å². The minimum atomic E-state index is -3.66. The second-order valence-corrected chi connectivity index (χ2v) is 8.04. The summed E-state index contributed by atoms with van der Waals surface area (Å²) in [5, 5.41) is 2.79. The highest BCUT2D eigenvalue weighted by Gasteiger charge is 2.17. The molecular formula is C18H24N2O5S. The monoisotopic (exact) mass is 380 g/mol. The minimum absolute atomic E-state index is 0.0701. The topological polar surface area (TPSA) is 97.6 Å². The quantitative estimate of drug-likeness (QED) is 0.696. The Hall–Kier alpha value is -2.32. The van der Waals surface area contributed by atoms with Gasteiger partial charge in [0.05, 0.1) is 17.7 Å². The van der Waals surface area contributed by atoms with Gasteiger partial charge in [0.1, 0.15) is 11.5 Å². The summed E-state index contributed by atoms with van der Waals surface area (Å²) in [6, 6.07) is 9.28. The molecule has 0 saturated carbocycles. The molecule has 1 aromatic carbocycles. The number of carbonyl (C=O) groups is 1. The van der Waals surface area contributed by atoms with Crippen molar-refractivity contribution in [1.29, 1.82) is 0 Å². The van der Waals surface area contributed by atoms with Crippen molar-refractivity contribution in [2.45, 2.75) is 38.3 Å². The number of amides is 1. The van der Waals surface area contributed by atoms with Gasteiger partial charge in [-0.3, -0.25) is 4.79 Å². The molecule has 0 fully saturated rings. The summed E-state index contributed by atoms with van der Waals surface area (Å²) in [7, 11) is -3.66. The van der Waals surface area contributed by atoms with E-state index in [1.807, 2.05) is 13.8 Å². The van der Waals surface area contributed by atoms with Crippen LogP contribution in [0.25, 0.3) is 0 Å². The minimum Gasteiger partial charge on any atom is -0.481 e. The third kappa shape index (κ3) is 5.89. The maximum atomic E-state index is 12.3. The number of furan rings is 1. The maximum Gasteiger partial charge on any atom is 0.260 e. The van der Waals surface area contributed by atoms with Gasteiger partial charge in [0.2, 0.25) is 10.0 Å². The predicted molar refractivity (Wildman–Crippen MR) is 97.1 cm³/mol. The fourth-order valence-electron chi connectivity index (χ4n) is 2.07. The molecule has 2 aromatic rings. The zero-order valence-electron chi connectivity index (χ0n) is 15.1. The van der Waals surface area contributed by atoms with Crippen molar-refractivity contribution < 1.29 is 22.4 Å². The van der Waals surface area contributed by atoms with E-state index in [0.29, 0.717) is 24.0 Å². The number of carbonyl (C=O) groups excluding carboxylic acids is 1. The molecule has 0 aliphatic heterocycles. The average Bonchev–Trinajstić information content (AvgIpc) is 3.12. The Labute approximate surface area is 153 Å². The summed E-state index contributed by atoms with van der Waals surface area (Å²) < 4.78 is 37.6. The zero-order chi connectivity index (χ0) is 19.2. The third-order valence-corrected chi connectivity index (χ3v) is 4.93. The van der Waals surface area contributed by atoms with Crippen LogP contribution in [-0.2, 0) is 21.4 Å². The molecule has 0 radical (unpaired) electrons. The Morgan fingerprint density at radius 2 is 1.85 bits per heavy atom. The molecule has 8 heteroatoms. The fourth-order valence-corrected chi connectivity index (χ4v) is 3.06. The van der Waals surface area contributed by atoms with Crippen LogP contribution in [-0.4, -0.2) is 27.0 Å². The molecule has 1 amide bonds. The standard InChI is InChI=1S/C18H24N2O5S/c1-13(2)11-19-18(21)14(3)25-15-6-8-17(9-7-15)26(22,23)20-12-16-5-4-10-24-16/h4-10,13-14,20H,11-12H2,1-3H3,(H,19,21)/t14-/m0/s1. The highest BCUT2D eigenvalue weighted by Crippen LogP contribution is 2.17. The van der Waals surface area contributed by atoms with Gasteiger partial charge in [-0.05, 0) is 49.2 Å². The number of benzene rings is 1. The third-order valence-electron chi connectivity index (χ3n) is 3.52. The maximum absolute atomic E-state index is 12.3. The van der Waals surface area contributed by atoms with Gasteiger partial charge in [-0.15, -0.1) is 0 Å². The van der Waals surface area contributed by atoms with Gasteiger partial charge >= 0.3 is 0 Å². The highest BCUT2D eigenvalue weighted by molar-refractivity contribution is 7.89. The lowest BCUT2D eigenvalue weighted by atomic mass is 10.2. The predicted octanol–water partition coefficient (Wildman–Crippen LogP) is 2.30. The first-order valence-electron chi connectivity index (χ1n) is 8.34. The van der Waals surface area contributed by atoms with Crippen molar-refractivity contribution in [3.05, 3.63) is 48.4 Å². The van der Waals surface area contributed by atoms with Gasteiger partial charge in [-0.25, -0.2) is 13.1 Å². The van der Waals surface area contributed by atoms with E-state index >= 15 is 0 Å². The van der Waals surface area contributed by atoms with Crippen molar-refractivity contribution in [1.82, 2.24) is 10.0 Å². The number of hydrogen-bond acceptors (Lipinski definition) is 5. The molecule has 142 valence electrons. The molecule has 0 saturated heterocycles. The molecule has 1 aromatic heterocycles. The van der Waals surface area contributed by atoms with E-state index in [0.717, 1.165) is 0 Å². The molecule has 2 N–H and O–H groups in total. The Morgan fingerprint density at radius 3 is 2.42 bits per heavy atom. The molecule has 1 atom stereocenters. The van der Waals surface area contributed by atoms with Crippen molar-refractivity contribution >= 4 is 15.9 Å². The van der Waals surface area contributed by atoms with Crippen LogP contribution < -0.4 is 14.8 Å². The lowest BCUT2D eigenvalue weighted by Crippen LogP contribution is -2.38. The van der Waals surface area contributed by atoms with Gasteiger partial charge in [0.25, 0.3) is 5.91 Å².